The van der Waals surface area contributed by atoms with Gasteiger partial charge in [-0.15, -0.1) is 0 Å². The smallest absolute Gasteiger partial charge is 0.369 e. The van der Waals surface area contributed by atoms with Crippen molar-refractivity contribution in [3.8, 4) is 5.69 Å². The summed E-state index contributed by atoms with van der Waals surface area (Å²) in [5, 5.41) is 11.8. The third-order valence-corrected chi connectivity index (χ3v) is 4.19. The third-order valence-electron chi connectivity index (χ3n) is 4.19. The Morgan fingerprint density at radius 1 is 1.14 bits per heavy atom. The third kappa shape index (κ3) is 4.16. The van der Waals surface area contributed by atoms with E-state index in [9.17, 15) is 36.2 Å². The zero-order valence-corrected chi connectivity index (χ0v) is 15.3. The fourth-order valence-electron chi connectivity index (χ4n) is 2.75. The van der Waals surface area contributed by atoms with Crippen molar-refractivity contribution >= 4 is 6.03 Å². The molecule has 0 fully saturated rings. The summed E-state index contributed by atoms with van der Waals surface area (Å²) < 4.78 is 79.7. The first-order chi connectivity index (χ1) is 13.2. The molecular formula is C17H18F6N4O2. The molecule has 12 heteroatoms. The van der Waals surface area contributed by atoms with Crippen LogP contribution in [0.25, 0.3) is 5.69 Å². The number of carbonyl (C=O) groups excluding carboxylic acids is 1. The molecule has 1 aromatic heterocycles. The quantitative estimate of drug-likeness (QED) is 0.642. The van der Waals surface area contributed by atoms with Gasteiger partial charge in [0, 0.05) is 17.2 Å². The van der Waals surface area contributed by atoms with Crippen molar-refractivity contribution in [2.45, 2.75) is 44.3 Å². The lowest BCUT2D eigenvalue weighted by molar-refractivity contribution is -0.376. The largest absolute Gasteiger partial charge is 0.430 e. The highest BCUT2D eigenvalue weighted by atomic mass is 19.4. The van der Waals surface area contributed by atoms with Gasteiger partial charge in [-0.05, 0) is 12.1 Å². The molecule has 0 radical (unpaired) electrons. The lowest BCUT2D eigenvalue weighted by Crippen LogP contribution is -2.53. The summed E-state index contributed by atoms with van der Waals surface area (Å²) in [7, 11) is 0. The first kappa shape index (κ1) is 22.5. The van der Waals surface area contributed by atoms with E-state index in [2.05, 4.69) is 10.3 Å². The number of hydrogen-bond donors (Lipinski definition) is 3. The molecule has 1 aromatic carbocycles. The number of amides is 2. The first-order valence-electron chi connectivity index (χ1n) is 8.26. The lowest BCUT2D eigenvalue weighted by Gasteiger charge is -2.32. The molecule has 2 rings (SSSR count). The second-order valence-corrected chi connectivity index (χ2v) is 6.57. The second-order valence-electron chi connectivity index (χ2n) is 6.57. The highest BCUT2D eigenvalue weighted by Gasteiger charge is 2.71. The van der Waals surface area contributed by atoms with Crippen LogP contribution in [0.15, 0.2) is 30.5 Å². The monoisotopic (exact) mass is 424 g/mol. The number of imidazole rings is 1. The summed E-state index contributed by atoms with van der Waals surface area (Å²) in [6.45, 7) is 3.50. The van der Waals surface area contributed by atoms with Crippen LogP contribution in [0.4, 0.5) is 31.1 Å². The number of primary amides is 1. The van der Waals surface area contributed by atoms with Gasteiger partial charge in [-0.1, -0.05) is 26.0 Å². The number of alkyl halides is 6. The molecule has 0 aliphatic carbocycles. The van der Waals surface area contributed by atoms with Crippen molar-refractivity contribution in [3.05, 3.63) is 47.5 Å². The van der Waals surface area contributed by atoms with Gasteiger partial charge in [-0.25, -0.2) is 9.78 Å². The zero-order chi connectivity index (χ0) is 22.2. The van der Waals surface area contributed by atoms with E-state index in [0.717, 1.165) is 12.1 Å². The maximum atomic E-state index is 13.0. The molecule has 0 unspecified atom stereocenters. The first-order valence-corrected chi connectivity index (χ1v) is 8.26. The molecule has 0 atom stereocenters. The Labute approximate surface area is 161 Å². The van der Waals surface area contributed by atoms with Crippen molar-refractivity contribution in [2.24, 2.45) is 5.73 Å². The van der Waals surface area contributed by atoms with Gasteiger partial charge < -0.3 is 16.2 Å². The van der Waals surface area contributed by atoms with E-state index in [-0.39, 0.29) is 18.2 Å². The van der Waals surface area contributed by atoms with Gasteiger partial charge in [0.25, 0.3) is 5.60 Å². The fraction of sp³-hybridized carbons (Fsp3) is 0.412. The summed E-state index contributed by atoms with van der Waals surface area (Å²) in [6, 6.07) is 2.27. The van der Waals surface area contributed by atoms with Crippen LogP contribution in [0.5, 0.6) is 0 Å². The topological polar surface area (TPSA) is 93.2 Å². The van der Waals surface area contributed by atoms with Gasteiger partial charge >= 0.3 is 18.4 Å². The van der Waals surface area contributed by atoms with Gasteiger partial charge in [0.15, 0.2) is 0 Å². The van der Waals surface area contributed by atoms with Gasteiger partial charge in [0.05, 0.1) is 18.4 Å². The van der Waals surface area contributed by atoms with Crippen molar-refractivity contribution in [2.75, 3.05) is 0 Å². The minimum atomic E-state index is -5.97. The van der Waals surface area contributed by atoms with Crippen molar-refractivity contribution in [3.63, 3.8) is 0 Å². The van der Waals surface area contributed by atoms with Crippen LogP contribution in [0.1, 0.15) is 36.8 Å². The van der Waals surface area contributed by atoms with E-state index in [0.29, 0.717) is 23.7 Å². The van der Waals surface area contributed by atoms with E-state index in [4.69, 9.17) is 5.73 Å². The predicted octanol–water partition coefficient (Wildman–Crippen LogP) is 3.48. The minimum Gasteiger partial charge on any atom is -0.369 e. The van der Waals surface area contributed by atoms with Crippen LogP contribution < -0.4 is 11.1 Å². The van der Waals surface area contributed by atoms with Crippen LogP contribution in [-0.2, 0) is 12.1 Å². The normalized spacial score (nSPS) is 13.0. The molecule has 0 saturated carbocycles. The molecule has 1 heterocycles. The van der Waals surface area contributed by atoms with Crippen LogP contribution in [0.2, 0.25) is 0 Å². The molecular weight excluding hydrogens is 406 g/mol. The lowest BCUT2D eigenvalue weighted by atomic mass is 9.92. The average Bonchev–Trinajstić information content (AvgIpc) is 3.01. The Morgan fingerprint density at radius 3 is 2.07 bits per heavy atom. The summed E-state index contributed by atoms with van der Waals surface area (Å²) >= 11 is 0. The Hall–Kier alpha value is -2.76. The summed E-state index contributed by atoms with van der Waals surface area (Å²) in [5.74, 6) is 0.306. The maximum absolute atomic E-state index is 13.0. The van der Waals surface area contributed by atoms with E-state index in [1.165, 1.54) is 10.8 Å². The molecule has 160 valence electrons. The molecule has 0 aliphatic heterocycles. The second kappa shape index (κ2) is 7.58. The molecule has 2 amide bonds. The van der Waals surface area contributed by atoms with Crippen LogP contribution in [0, 0.1) is 0 Å². The number of hydrogen-bond acceptors (Lipinski definition) is 3. The zero-order valence-electron chi connectivity index (χ0n) is 15.3. The number of nitrogens with one attached hydrogen (secondary N) is 1. The highest BCUT2D eigenvalue weighted by molar-refractivity contribution is 5.71. The number of benzene rings is 1. The molecule has 6 nitrogen and oxygen atoms in total. The molecule has 0 bridgehead atoms. The van der Waals surface area contributed by atoms with Crippen molar-refractivity contribution < 1.29 is 36.2 Å². The summed E-state index contributed by atoms with van der Waals surface area (Å²) in [4.78, 5) is 15.1. The van der Waals surface area contributed by atoms with Gasteiger partial charge in [0.2, 0.25) is 0 Å². The number of carbonyl (C=O) groups is 1. The Morgan fingerprint density at radius 2 is 1.66 bits per heavy atom. The number of urea groups is 1. The minimum absolute atomic E-state index is 0.0636. The number of nitrogens with zero attached hydrogens (tertiary/aromatic N) is 2. The van der Waals surface area contributed by atoms with E-state index in [1.54, 1.807) is 13.8 Å². The summed E-state index contributed by atoms with van der Waals surface area (Å²) in [5.41, 5.74) is -0.754. The number of aromatic nitrogens is 2. The van der Waals surface area contributed by atoms with Crippen LogP contribution in [0.3, 0.4) is 0 Å². The van der Waals surface area contributed by atoms with Gasteiger partial charge in [-0.3, -0.25) is 4.57 Å². The number of aliphatic hydroxyl groups is 1. The Bertz CT molecular complexity index is 858. The molecule has 29 heavy (non-hydrogen) atoms. The van der Waals surface area contributed by atoms with E-state index < -0.39 is 29.5 Å². The van der Waals surface area contributed by atoms with Crippen molar-refractivity contribution in [1.29, 1.82) is 0 Å². The number of halogens is 6. The van der Waals surface area contributed by atoms with Gasteiger partial charge in [-0.2, -0.15) is 26.3 Å². The SMILES string of the molecule is CC(C)c1ncc(CNC(N)=O)n1-c1ccc(C(O)(C(F)(F)F)C(F)(F)F)cc1. The standard InChI is InChI=1S/C17H18F6N4O2/c1-9(2)13-25-7-12(8-26-14(24)28)27(13)11-5-3-10(4-6-11)15(29,16(18,19)20)17(21,22)23/h3-7,9,29H,8H2,1-2H3,(H3,24,26,28). The van der Waals surface area contributed by atoms with E-state index >= 15 is 0 Å². The van der Waals surface area contributed by atoms with Crippen LogP contribution in [-0.4, -0.2) is 33.0 Å². The number of nitrogens with two attached hydrogens (primary N) is 1. The Kier molecular flexibility index (Phi) is 5.89. The molecule has 2 aromatic rings. The van der Waals surface area contributed by atoms with Crippen molar-refractivity contribution in [1.82, 2.24) is 14.9 Å². The average molecular weight is 424 g/mol. The molecule has 0 aliphatic rings. The van der Waals surface area contributed by atoms with E-state index in [1.807, 2.05) is 0 Å². The maximum Gasteiger partial charge on any atom is 0.430 e. The predicted molar refractivity (Wildman–Crippen MR) is 90.1 cm³/mol. The molecule has 0 spiro atoms. The molecule has 0 saturated heterocycles. The number of rotatable bonds is 5. The fourth-order valence-corrected chi connectivity index (χ4v) is 2.75. The highest BCUT2D eigenvalue weighted by Crippen LogP contribution is 2.50. The Balaban J connectivity index is 2.55. The van der Waals surface area contributed by atoms with Crippen LogP contribution >= 0.6 is 0 Å². The summed E-state index contributed by atoms with van der Waals surface area (Å²) in [6.07, 6.45) is -10.5. The molecule has 4 N–H and O–H groups in total. The van der Waals surface area contributed by atoms with Gasteiger partial charge in [0.1, 0.15) is 5.82 Å².